The van der Waals surface area contributed by atoms with Crippen LogP contribution in [-0.4, -0.2) is 46.4 Å². The Morgan fingerprint density at radius 2 is 1.78 bits per heavy atom. The van der Waals surface area contributed by atoms with E-state index in [0.29, 0.717) is 36.3 Å². The van der Waals surface area contributed by atoms with Crippen LogP contribution in [0.25, 0.3) is 0 Å². The third-order valence-corrected chi connectivity index (χ3v) is 8.74. The predicted octanol–water partition coefficient (Wildman–Crippen LogP) is 7.86. The van der Waals surface area contributed by atoms with Gasteiger partial charge in [0.1, 0.15) is 29.8 Å². The van der Waals surface area contributed by atoms with Gasteiger partial charge >= 0.3 is 18.4 Å². The van der Waals surface area contributed by atoms with Crippen LogP contribution in [0.2, 0.25) is 0 Å². The van der Waals surface area contributed by atoms with Crippen molar-refractivity contribution < 1.29 is 55.2 Å². The van der Waals surface area contributed by atoms with Gasteiger partial charge in [-0.05, 0) is 68.0 Å². The van der Waals surface area contributed by atoms with Crippen molar-refractivity contribution in [3.63, 3.8) is 0 Å². The Labute approximate surface area is 289 Å². The van der Waals surface area contributed by atoms with Gasteiger partial charge in [0.25, 0.3) is 11.5 Å². The average Bonchev–Trinajstić information content (AvgIpc) is 3.31. The van der Waals surface area contributed by atoms with Gasteiger partial charge < -0.3 is 24.6 Å². The number of urea groups is 1. The highest BCUT2D eigenvalue weighted by Gasteiger charge is 2.71. The van der Waals surface area contributed by atoms with E-state index in [1.54, 1.807) is 6.92 Å². The predicted molar refractivity (Wildman–Crippen MR) is 169 cm³/mol. The van der Waals surface area contributed by atoms with Crippen LogP contribution in [0.4, 0.5) is 31.1 Å². The first-order chi connectivity index (χ1) is 24.0. The van der Waals surface area contributed by atoms with E-state index >= 15 is 0 Å². The summed E-state index contributed by atoms with van der Waals surface area (Å²) >= 11 is 0. The highest BCUT2D eigenvalue weighted by Crippen LogP contribution is 2.50. The fourth-order valence-electron chi connectivity index (χ4n) is 5.91. The van der Waals surface area contributed by atoms with Gasteiger partial charge in [-0.25, -0.2) is 4.79 Å². The molecule has 51 heavy (non-hydrogen) atoms. The Morgan fingerprint density at radius 1 is 1.04 bits per heavy atom. The number of halogens is 6. The van der Waals surface area contributed by atoms with Gasteiger partial charge in [-0.1, -0.05) is 49.3 Å². The first kappa shape index (κ1) is 37.0. The molecule has 2 aliphatic heterocycles. The van der Waals surface area contributed by atoms with Crippen LogP contribution in [0.5, 0.6) is 11.5 Å². The molecule has 0 bridgehead atoms. The van der Waals surface area contributed by atoms with E-state index in [9.17, 15) is 46.3 Å². The monoisotopic (exact) mass is 717 g/mol. The second kappa shape index (κ2) is 14.2. The quantitative estimate of drug-likeness (QED) is 0.179. The Balaban J connectivity index is 1.29. The van der Waals surface area contributed by atoms with Gasteiger partial charge in [-0.2, -0.15) is 31.6 Å². The molecule has 9 nitrogen and oxygen atoms in total. The van der Waals surface area contributed by atoms with Gasteiger partial charge in [0.05, 0.1) is 11.6 Å². The van der Waals surface area contributed by atoms with E-state index in [1.807, 2.05) is 18.2 Å². The van der Waals surface area contributed by atoms with Crippen molar-refractivity contribution in [2.45, 2.75) is 75.9 Å². The molecule has 0 aromatic heterocycles. The van der Waals surface area contributed by atoms with Crippen LogP contribution in [0.1, 0.15) is 61.8 Å². The second-order valence-electron chi connectivity index (χ2n) is 12.3. The Bertz CT molecular complexity index is 1860. The molecule has 3 amide bonds. The topological polar surface area (TPSA) is 121 Å². The summed E-state index contributed by atoms with van der Waals surface area (Å²) < 4.78 is 98.2. The van der Waals surface area contributed by atoms with Crippen LogP contribution in [0, 0.1) is 11.3 Å². The van der Waals surface area contributed by atoms with E-state index in [2.05, 4.69) is 11.4 Å². The number of nitrogens with zero attached hydrogens (tertiary/aromatic N) is 2. The summed E-state index contributed by atoms with van der Waals surface area (Å²) in [6.07, 6.45) is -0.811. The highest BCUT2D eigenvalue weighted by atomic mass is 19.4. The van der Waals surface area contributed by atoms with Crippen molar-refractivity contribution >= 4 is 11.9 Å². The third kappa shape index (κ3) is 7.32. The number of nitriles is 1. The van der Waals surface area contributed by atoms with E-state index in [0.717, 1.165) is 29.4 Å². The van der Waals surface area contributed by atoms with E-state index in [1.165, 1.54) is 37.6 Å². The number of benzene rings is 2. The number of carbonyl (C=O) groups excluding carboxylic acids is 2. The van der Waals surface area contributed by atoms with Gasteiger partial charge in [0, 0.05) is 18.5 Å². The molecule has 1 fully saturated rings. The summed E-state index contributed by atoms with van der Waals surface area (Å²) in [6.45, 7) is 3.03. The van der Waals surface area contributed by atoms with E-state index in [-0.39, 0.29) is 47.8 Å². The molecule has 2 N–H and O–H groups in total. The SMILES string of the molecule is CCCc1cc(C(O)(C(F)(F)F)C(F)(F)F)ccc1Oc1ccc(CCN2C(=O)NC(C)(C3=COC=C(CC4=CC=CCC4)O3)C2=O)c(C#N)c1. The summed E-state index contributed by atoms with van der Waals surface area (Å²) in [4.78, 5) is 27.5. The molecule has 1 aliphatic carbocycles. The lowest BCUT2D eigenvalue weighted by Crippen LogP contribution is -2.53. The fraction of sp³-hybridized carbons (Fsp3) is 0.361. The summed E-state index contributed by atoms with van der Waals surface area (Å²) in [5.41, 5.74) is -6.46. The van der Waals surface area contributed by atoms with Crippen molar-refractivity contribution in [2.24, 2.45) is 0 Å². The van der Waals surface area contributed by atoms with Crippen molar-refractivity contribution in [3.05, 3.63) is 106 Å². The number of alkyl halides is 6. The molecular formula is C36H33F6N3O6. The van der Waals surface area contributed by atoms with Gasteiger partial charge in [-0.15, -0.1) is 0 Å². The molecule has 2 aromatic rings. The van der Waals surface area contributed by atoms with Gasteiger partial charge in [0.15, 0.2) is 11.3 Å². The second-order valence-corrected chi connectivity index (χ2v) is 12.3. The largest absolute Gasteiger partial charge is 0.465 e. The molecule has 2 heterocycles. The number of amides is 3. The lowest BCUT2D eigenvalue weighted by Gasteiger charge is -2.33. The zero-order valence-electron chi connectivity index (χ0n) is 27.5. The lowest BCUT2D eigenvalue weighted by atomic mass is 9.90. The molecule has 270 valence electrons. The number of ether oxygens (including phenoxy) is 3. The zero-order valence-corrected chi connectivity index (χ0v) is 27.5. The van der Waals surface area contributed by atoms with Crippen LogP contribution < -0.4 is 10.1 Å². The number of nitrogens with one attached hydrogen (secondary N) is 1. The van der Waals surface area contributed by atoms with Crippen LogP contribution in [-0.2, 0) is 32.7 Å². The number of carbonyl (C=O) groups is 2. The standard InChI is InChI=1S/C36H33F6N3O6/c1-3-7-24-17-26(34(48,35(37,38)39)36(40,41)42)11-13-29(24)50-27-12-10-23(25(18-27)19-43)14-15-45-31(46)33(2,44-32(45)47)30-21-49-20-28(51-30)16-22-8-5-4-6-9-22/h4-5,8,10-13,17-18,20-21,48H,3,6-7,9,14-16H2,1-2H3,(H,44,47). The van der Waals surface area contributed by atoms with Crippen molar-refractivity contribution in [2.75, 3.05) is 6.54 Å². The first-order valence-electron chi connectivity index (χ1n) is 15.9. The van der Waals surface area contributed by atoms with Crippen LogP contribution >= 0.6 is 0 Å². The molecule has 1 unspecified atom stereocenters. The number of aliphatic hydroxyl groups is 1. The maximum atomic E-state index is 13.5. The van der Waals surface area contributed by atoms with Gasteiger partial charge in [0.2, 0.25) is 0 Å². The number of rotatable bonds is 11. The molecule has 1 atom stereocenters. The molecule has 3 aliphatic rings. The van der Waals surface area contributed by atoms with Gasteiger partial charge in [-0.3, -0.25) is 9.69 Å². The fourth-order valence-corrected chi connectivity index (χ4v) is 5.91. The Hall–Kier alpha value is -5.23. The van der Waals surface area contributed by atoms with E-state index in [4.69, 9.17) is 14.2 Å². The van der Waals surface area contributed by atoms with Crippen LogP contribution in [0.15, 0.2) is 84.2 Å². The first-order valence-corrected chi connectivity index (χ1v) is 15.9. The third-order valence-electron chi connectivity index (χ3n) is 8.74. The van der Waals surface area contributed by atoms with Crippen LogP contribution in [0.3, 0.4) is 0 Å². The Kier molecular flexibility index (Phi) is 10.3. The zero-order chi connectivity index (χ0) is 37.2. The lowest BCUT2D eigenvalue weighted by molar-refractivity contribution is -0.376. The average molecular weight is 718 g/mol. The molecule has 0 radical (unpaired) electrons. The summed E-state index contributed by atoms with van der Waals surface area (Å²) in [5.74, 6) is -0.0504. The van der Waals surface area contributed by atoms with Crippen molar-refractivity contribution in [1.29, 1.82) is 5.26 Å². The van der Waals surface area contributed by atoms with Crippen molar-refractivity contribution in [1.82, 2.24) is 10.2 Å². The highest BCUT2D eigenvalue weighted by molar-refractivity contribution is 6.08. The van der Waals surface area contributed by atoms with E-state index < -0.39 is 41.0 Å². The maximum absolute atomic E-state index is 13.5. The smallest absolute Gasteiger partial charge is 0.430 e. The molecule has 15 heteroatoms. The minimum Gasteiger partial charge on any atom is -0.465 e. The molecule has 5 rings (SSSR count). The minimum atomic E-state index is -6.05. The molecule has 1 saturated heterocycles. The number of aryl methyl sites for hydroxylation is 1. The maximum Gasteiger partial charge on any atom is 0.430 e. The molecule has 2 aromatic carbocycles. The summed E-state index contributed by atoms with van der Waals surface area (Å²) in [6, 6.07) is 7.56. The number of hydrogen-bond acceptors (Lipinski definition) is 7. The Morgan fingerprint density at radius 3 is 2.43 bits per heavy atom. The summed E-state index contributed by atoms with van der Waals surface area (Å²) in [7, 11) is 0. The number of imide groups is 1. The number of allylic oxidation sites excluding steroid dienone is 4. The molecule has 0 spiro atoms. The normalized spacial score (nSPS) is 19.4. The minimum absolute atomic E-state index is 0.0182. The molecular weight excluding hydrogens is 684 g/mol. The van der Waals surface area contributed by atoms with Crippen molar-refractivity contribution in [3.8, 4) is 17.6 Å². The molecule has 0 saturated carbocycles. The number of hydrogen-bond donors (Lipinski definition) is 2. The summed E-state index contributed by atoms with van der Waals surface area (Å²) in [5, 5.41) is 22.4.